The van der Waals surface area contributed by atoms with Crippen molar-refractivity contribution in [1.82, 2.24) is 14.5 Å². The van der Waals surface area contributed by atoms with Gasteiger partial charge in [0, 0.05) is 30.8 Å². The molecule has 0 aliphatic carbocycles. The zero-order chi connectivity index (χ0) is 9.80. The highest BCUT2D eigenvalue weighted by atomic mass is 15.0. The molecule has 3 heteroatoms. The molecule has 1 atom stereocenters. The lowest BCUT2D eigenvalue weighted by Crippen LogP contribution is -2.05. The van der Waals surface area contributed by atoms with Crippen LogP contribution in [-0.4, -0.2) is 14.5 Å². The number of imidazole rings is 1. The van der Waals surface area contributed by atoms with Crippen LogP contribution in [0.15, 0.2) is 43.2 Å². The summed E-state index contributed by atoms with van der Waals surface area (Å²) in [7, 11) is 0. The number of pyridine rings is 1. The fourth-order valence-corrected chi connectivity index (χ4v) is 1.50. The molecule has 72 valence electrons. The van der Waals surface area contributed by atoms with Gasteiger partial charge >= 0.3 is 0 Å². The van der Waals surface area contributed by atoms with Crippen molar-refractivity contribution in [3.63, 3.8) is 0 Å². The molecule has 2 rings (SSSR count). The smallest absolute Gasteiger partial charge is 0.0948 e. The van der Waals surface area contributed by atoms with Crippen LogP contribution in [0.4, 0.5) is 0 Å². The van der Waals surface area contributed by atoms with Gasteiger partial charge in [-0.1, -0.05) is 6.07 Å². The molecule has 0 aliphatic rings. The molecule has 0 radical (unpaired) electrons. The molecule has 2 aromatic heterocycles. The number of aromatic nitrogens is 3. The Bertz CT molecular complexity index is 367. The molecule has 0 aliphatic heterocycles. The Kier molecular flexibility index (Phi) is 2.58. The second kappa shape index (κ2) is 4.05. The van der Waals surface area contributed by atoms with Crippen LogP contribution < -0.4 is 0 Å². The van der Waals surface area contributed by atoms with Crippen molar-refractivity contribution < 1.29 is 0 Å². The van der Waals surface area contributed by atoms with Crippen molar-refractivity contribution >= 4 is 0 Å². The van der Waals surface area contributed by atoms with Crippen molar-refractivity contribution in [2.24, 2.45) is 0 Å². The van der Waals surface area contributed by atoms with Gasteiger partial charge in [-0.25, -0.2) is 4.98 Å². The van der Waals surface area contributed by atoms with Gasteiger partial charge in [-0.3, -0.25) is 4.98 Å². The van der Waals surface area contributed by atoms with Crippen molar-refractivity contribution in [3.8, 4) is 0 Å². The van der Waals surface area contributed by atoms with Crippen LogP contribution in [0.3, 0.4) is 0 Å². The molecule has 1 unspecified atom stereocenters. The Hall–Kier alpha value is -1.64. The lowest BCUT2D eigenvalue weighted by molar-refractivity contribution is 0.543. The van der Waals surface area contributed by atoms with E-state index in [0.717, 1.165) is 6.42 Å². The van der Waals surface area contributed by atoms with Crippen LogP contribution in [-0.2, 0) is 6.42 Å². The molecule has 2 aromatic rings. The van der Waals surface area contributed by atoms with Crippen molar-refractivity contribution in [1.29, 1.82) is 0 Å². The molecule has 0 fully saturated rings. The summed E-state index contributed by atoms with van der Waals surface area (Å²) in [5.74, 6) is 0. The highest BCUT2D eigenvalue weighted by Crippen LogP contribution is 2.11. The lowest BCUT2D eigenvalue weighted by Gasteiger charge is -2.12. The van der Waals surface area contributed by atoms with Gasteiger partial charge < -0.3 is 4.57 Å². The third-order valence-electron chi connectivity index (χ3n) is 2.29. The van der Waals surface area contributed by atoms with Gasteiger partial charge in [0.2, 0.25) is 0 Å². The maximum atomic E-state index is 4.09. The average Bonchev–Trinajstić information content (AvgIpc) is 2.72. The first-order chi connectivity index (χ1) is 6.86. The van der Waals surface area contributed by atoms with Gasteiger partial charge in [0.25, 0.3) is 0 Å². The predicted molar refractivity (Wildman–Crippen MR) is 54.9 cm³/mol. The zero-order valence-corrected chi connectivity index (χ0v) is 8.17. The molecule has 3 nitrogen and oxygen atoms in total. The minimum absolute atomic E-state index is 0.432. The highest BCUT2D eigenvalue weighted by molar-refractivity contribution is 5.09. The fraction of sp³-hybridized carbons (Fsp3) is 0.273. The highest BCUT2D eigenvalue weighted by Gasteiger charge is 2.04. The maximum Gasteiger partial charge on any atom is 0.0948 e. The summed E-state index contributed by atoms with van der Waals surface area (Å²) in [5, 5.41) is 0. The standard InChI is InChI=1S/C11H13N3/c1-10(14-6-5-13-9-14)7-11-3-2-4-12-8-11/h2-6,8-10H,7H2,1H3. The van der Waals surface area contributed by atoms with Crippen molar-refractivity contribution in [3.05, 3.63) is 48.8 Å². The predicted octanol–water partition coefficient (Wildman–Crippen LogP) is 2.08. The Balaban J connectivity index is 2.06. The topological polar surface area (TPSA) is 30.7 Å². The van der Waals surface area contributed by atoms with E-state index in [-0.39, 0.29) is 0 Å². The van der Waals surface area contributed by atoms with Gasteiger partial charge in [0.1, 0.15) is 0 Å². The molecule has 0 spiro atoms. The lowest BCUT2D eigenvalue weighted by atomic mass is 10.1. The van der Waals surface area contributed by atoms with Gasteiger partial charge in [-0.15, -0.1) is 0 Å². The van der Waals surface area contributed by atoms with E-state index in [1.807, 2.05) is 24.8 Å². The first kappa shape index (κ1) is 8.94. The Morgan fingerprint density at radius 3 is 2.93 bits per heavy atom. The normalized spacial score (nSPS) is 12.6. The minimum atomic E-state index is 0.432. The minimum Gasteiger partial charge on any atom is -0.334 e. The molecule has 2 heterocycles. The SMILES string of the molecule is CC(Cc1cccnc1)n1ccnc1. The number of hydrogen-bond donors (Lipinski definition) is 0. The van der Waals surface area contributed by atoms with Gasteiger partial charge in [-0.2, -0.15) is 0 Å². The molecule has 0 aromatic carbocycles. The Labute approximate surface area is 83.4 Å². The van der Waals surface area contributed by atoms with Gasteiger partial charge in [-0.05, 0) is 25.0 Å². The van der Waals surface area contributed by atoms with Crippen LogP contribution in [0.5, 0.6) is 0 Å². The van der Waals surface area contributed by atoms with Crippen LogP contribution in [0.2, 0.25) is 0 Å². The molecular formula is C11H13N3. The summed E-state index contributed by atoms with van der Waals surface area (Å²) in [6.45, 7) is 2.18. The molecule has 0 saturated heterocycles. The second-order valence-corrected chi connectivity index (χ2v) is 3.42. The summed E-state index contributed by atoms with van der Waals surface area (Å²) in [6, 6.07) is 4.50. The molecular weight excluding hydrogens is 174 g/mol. The van der Waals surface area contributed by atoms with Crippen LogP contribution >= 0.6 is 0 Å². The van der Waals surface area contributed by atoms with Gasteiger partial charge in [0.05, 0.1) is 6.33 Å². The molecule has 0 amide bonds. The Morgan fingerprint density at radius 1 is 1.36 bits per heavy atom. The number of hydrogen-bond acceptors (Lipinski definition) is 2. The average molecular weight is 187 g/mol. The second-order valence-electron chi connectivity index (χ2n) is 3.42. The first-order valence-electron chi connectivity index (χ1n) is 4.72. The third-order valence-corrected chi connectivity index (χ3v) is 2.29. The van der Waals surface area contributed by atoms with Crippen LogP contribution in [0.1, 0.15) is 18.5 Å². The zero-order valence-electron chi connectivity index (χ0n) is 8.17. The van der Waals surface area contributed by atoms with E-state index >= 15 is 0 Å². The Morgan fingerprint density at radius 2 is 2.29 bits per heavy atom. The van der Waals surface area contributed by atoms with E-state index in [4.69, 9.17) is 0 Å². The van der Waals surface area contributed by atoms with E-state index in [0.29, 0.717) is 6.04 Å². The van der Waals surface area contributed by atoms with Crippen molar-refractivity contribution in [2.75, 3.05) is 0 Å². The van der Waals surface area contributed by atoms with E-state index in [1.165, 1.54) is 5.56 Å². The molecule has 14 heavy (non-hydrogen) atoms. The van der Waals surface area contributed by atoms with Crippen LogP contribution in [0.25, 0.3) is 0 Å². The summed E-state index contributed by atoms with van der Waals surface area (Å²) < 4.78 is 2.10. The van der Waals surface area contributed by atoms with E-state index in [2.05, 4.69) is 27.5 Å². The fourth-order valence-electron chi connectivity index (χ4n) is 1.50. The number of rotatable bonds is 3. The molecule has 0 saturated carbocycles. The van der Waals surface area contributed by atoms with Crippen LogP contribution in [0, 0.1) is 0 Å². The summed E-state index contributed by atoms with van der Waals surface area (Å²) in [6.07, 6.45) is 10.3. The molecule has 0 bridgehead atoms. The van der Waals surface area contributed by atoms with Crippen molar-refractivity contribution in [2.45, 2.75) is 19.4 Å². The maximum absolute atomic E-state index is 4.09. The third kappa shape index (κ3) is 1.99. The summed E-state index contributed by atoms with van der Waals surface area (Å²) in [4.78, 5) is 8.13. The van der Waals surface area contributed by atoms with E-state index < -0.39 is 0 Å². The monoisotopic (exact) mass is 187 g/mol. The van der Waals surface area contributed by atoms with Gasteiger partial charge in [0.15, 0.2) is 0 Å². The largest absolute Gasteiger partial charge is 0.334 e. The summed E-state index contributed by atoms with van der Waals surface area (Å²) in [5.41, 5.74) is 1.26. The summed E-state index contributed by atoms with van der Waals surface area (Å²) >= 11 is 0. The number of nitrogens with zero attached hydrogens (tertiary/aromatic N) is 3. The first-order valence-corrected chi connectivity index (χ1v) is 4.72. The quantitative estimate of drug-likeness (QED) is 0.736. The molecule has 0 N–H and O–H groups in total. The van der Waals surface area contributed by atoms with E-state index in [1.54, 1.807) is 12.4 Å². The van der Waals surface area contributed by atoms with E-state index in [9.17, 15) is 0 Å².